The Morgan fingerprint density at radius 1 is 1.20 bits per heavy atom. The van der Waals surface area contributed by atoms with Gasteiger partial charge in [-0.25, -0.2) is 4.79 Å². The molecule has 2 rings (SSSR count). The molecule has 2 aromatic rings. The summed E-state index contributed by atoms with van der Waals surface area (Å²) in [6.45, 7) is 5.78. The maximum atomic E-state index is 13.7. The van der Waals surface area contributed by atoms with Crippen LogP contribution in [-0.2, 0) is 5.60 Å². The summed E-state index contributed by atoms with van der Waals surface area (Å²) in [5, 5.41) is 19.8. The van der Waals surface area contributed by atoms with Gasteiger partial charge in [-0.2, -0.15) is 13.2 Å². The minimum Gasteiger partial charge on any atom is -0.478 e. The van der Waals surface area contributed by atoms with Gasteiger partial charge in [0.2, 0.25) is 0 Å². The Kier molecular flexibility index (Phi) is 4.98. The van der Waals surface area contributed by atoms with E-state index in [2.05, 4.69) is 4.98 Å². The van der Waals surface area contributed by atoms with E-state index in [1.165, 1.54) is 24.4 Å². The number of aromatic carboxylic acids is 1. The Morgan fingerprint density at radius 2 is 1.84 bits per heavy atom. The normalized spacial score (nSPS) is 15.2. The van der Waals surface area contributed by atoms with Gasteiger partial charge >= 0.3 is 12.1 Å². The fraction of sp³-hybridized carbons (Fsp3) is 0.412. The molecule has 0 bridgehead atoms. The predicted molar refractivity (Wildman–Crippen MR) is 91.4 cm³/mol. The number of hydrogen-bond acceptors (Lipinski definition) is 3. The summed E-state index contributed by atoms with van der Waals surface area (Å²) in [6.07, 6.45) is -4.04. The molecule has 25 heavy (non-hydrogen) atoms. The highest BCUT2D eigenvalue weighted by molar-refractivity contribution is 6.76. The topological polar surface area (TPSA) is 70.4 Å². The van der Waals surface area contributed by atoms with Crippen LogP contribution < -0.4 is 0 Å². The van der Waals surface area contributed by atoms with Crippen LogP contribution in [0.4, 0.5) is 13.2 Å². The Balaban J connectivity index is 2.61. The SMILES string of the molecule is C[Si](C)(C)CCC(O)(c1ccc2nccc(C(=O)O)c2c1)C(F)(F)F. The number of fused-ring (bicyclic) bond motifs is 1. The number of carboxylic acid groups (broad SMARTS) is 1. The zero-order valence-corrected chi connectivity index (χ0v) is 15.2. The molecule has 8 heteroatoms. The quantitative estimate of drug-likeness (QED) is 0.764. The molecule has 1 atom stereocenters. The van der Waals surface area contributed by atoms with Crippen molar-refractivity contribution in [2.24, 2.45) is 0 Å². The molecule has 1 heterocycles. The van der Waals surface area contributed by atoms with Crippen molar-refractivity contribution in [1.82, 2.24) is 4.98 Å². The number of halogens is 3. The van der Waals surface area contributed by atoms with E-state index in [0.29, 0.717) is 0 Å². The zero-order chi connectivity index (χ0) is 19.0. The molecule has 1 aromatic heterocycles. The fourth-order valence-corrected chi connectivity index (χ4v) is 3.71. The molecule has 0 radical (unpaired) electrons. The highest BCUT2D eigenvalue weighted by atomic mass is 28.3. The maximum Gasteiger partial charge on any atom is 0.421 e. The molecular formula is C17H20F3NO3Si. The second-order valence-electron chi connectivity index (χ2n) is 7.31. The van der Waals surface area contributed by atoms with Gasteiger partial charge in [-0.05, 0) is 30.2 Å². The summed E-state index contributed by atoms with van der Waals surface area (Å²) in [6, 6.07) is 5.06. The van der Waals surface area contributed by atoms with Crippen LogP contribution >= 0.6 is 0 Å². The standard InChI is InChI=1S/C17H20F3NO3Si/c1-25(2,3)9-7-16(24,17(18,19)20)11-4-5-14-13(10-11)12(15(22)23)6-8-21-14/h4-6,8,10,24H,7,9H2,1-3H3,(H,22,23). The number of benzene rings is 1. The van der Waals surface area contributed by atoms with E-state index in [1.807, 2.05) is 19.6 Å². The molecule has 0 spiro atoms. The number of hydrogen-bond donors (Lipinski definition) is 2. The van der Waals surface area contributed by atoms with Crippen LogP contribution in [0, 0.1) is 0 Å². The second-order valence-corrected chi connectivity index (χ2v) is 12.9. The number of alkyl halides is 3. The molecule has 0 aliphatic carbocycles. The van der Waals surface area contributed by atoms with Crippen molar-refractivity contribution in [3.05, 3.63) is 41.6 Å². The van der Waals surface area contributed by atoms with Crippen molar-refractivity contribution >= 4 is 24.9 Å². The molecule has 4 nitrogen and oxygen atoms in total. The molecule has 1 unspecified atom stereocenters. The van der Waals surface area contributed by atoms with E-state index in [9.17, 15) is 28.2 Å². The van der Waals surface area contributed by atoms with E-state index in [1.54, 1.807) is 0 Å². The van der Waals surface area contributed by atoms with Gasteiger partial charge < -0.3 is 10.2 Å². The highest BCUT2D eigenvalue weighted by Crippen LogP contribution is 2.44. The molecular weight excluding hydrogens is 351 g/mol. The van der Waals surface area contributed by atoms with E-state index >= 15 is 0 Å². The van der Waals surface area contributed by atoms with Crippen LogP contribution in [0.2, 0.25) is 25.7 Å². The molecule has 0 aliphatic rings. The van der Waals surface area contributed by atoms with Gasteiger partial charge in [0.15, 0.2) is 5.60 Å². The van der Waals surface area contributed by atoms with Gasteiger partial charge in [-0.15, -0.1) is 0 Å². The molecule has 0 fully saturated rings. The van der Waals surface area contributed by atoms with Crippen LogP contribution in [0.3, 0.4) is 0 Å². The number of pyridine rings is 1. The Bertz CT molecular complexity index is 802. The van der Waals surface area contributed by atoms with Crippen LogP contribution in [0.15, 0.2) is 30.5 Å². The summed E-state index contributed by atoms with van der Waals surface area (Å²) in [5.41, 5.74) is -3.27. The van der Waals surface area contributed by atoms with Gasteiger partial charge in [-0.1, -0.05) is 31.8 Å². The minimum atomic E-state index is -4.87. The van der Waals surface area contributed by atoms with Crippen LogP contribution in [0.1, 0.15) is 22.3 Å². The lowest BCUT2D eigenvalue weighted by molar-refractivity contribution is -0.267. The first-order valence-corrected chi connectivity index (χ1v) is 11.5. The molecule has 0 saturated heterocycles. The smallest absolute Gasteiger partial charge is 0.421 e. The van der Waals surface area contributed by atoms with Crippen LogP contribution in [0.5, 0.6) is 0 Å². The number of carboxylic acids is 1. The molecule has 0 aliphatic heterocycles. The van der Waals surface area contributed by atoms with Crippen LogP contribution in [0.25, 0.3) is 10.9 Å². The number of aromatic nitrogens is 1. The van der Waals surface area contributed by atoms with E-state index in [-0.39, 0.29) is 28.1 Å². The summed E-state index contributed by atoms with van der Waals surface area (Å²) >= 11 is 0. The lowest BCUT2D eigenvalue weighted by atomic mass is 9.89. The number of carbonyl (C=O) groups is 1. The minimum absolute atomic E-state index is 0.0724. The van der Waals surface area contributed by atoms with Crippen molar-refractivity contribution in [1.29, 1.82) is 0 Å². The maximum absolute atomic E-state index is 13.7. The van der Waals surface area contributed by atoms with Gasteiger partial charge in [0.1, 0.15) is 0 Å². The predicted octanol–water partition coefficient (Wildman–Crippen LogP) is 4.41. The fourth-order valence-electron chi connectivity index (χ4n) is 2.60. The van der Waals surface area contributed by atoms with Crippen molar-refractivity contribution in [2.75, 3.05) is 0 Å². The van der Waals surface area contributed by atoms with Crippen molar-refractivity contribution in [3.8, 4) is 0 Å². The number of rotatable bonds is 5. The Morgan fingerprint density at radius 3 is 2.36 bits per heavy atom. The summed E-state index contributed by atoms with van der Waals surface area (Å²) in [7, 11) is -1.83. The van der Waals surface area contributed by atoms with Gasteiger partial charge in [0, 0.05) is 19.7 Å². The first kappa shape index (κ1) is 19.4. The van der Waals surface area contributed by atoms with Crippen molar-refractivity contribution in [2.45, 2.75) is 43.9 Å². The lowest BCUT2D eigenvalue weighted by Crippen LogP contribution is -2.43. The second kappa shape index (κ2) is 6.42. The Hall–Kier alpha value is -1.93. The zero-order valence-electron chi connectivity index (χ0n) is 14.2. The number of aliphatic hydroxyl groups is 1. The van der Waals surface area contributed by atoms with E-state index in [0.717, 1.165) is 6.07 Å². The van der Waals surface area contributed by atoms with Gasteiger partial charge in [0.05, 0.1) is 11.1 Å². The lowest BCUT2D eigenvalue weighted by Gasteiger charge is -2.33. The monoisotopic (exact) mass is 371 g/mol. The average Bonchev–Trinajstić information content (AvgIpc) is 2.49. The summed E-state index contributed by atoms with van der Waals surface area (Å²) < 4.78 is 41.0. The molecule has 136 valence electrons. The molecule has 2 N–H and O–H groups in total. The average molecular weight is 371 g/mol. The third-order valence-electron chi connectivity index (χ3n) is 4.16. The van der Waals surface area contributed by atoms with Crippen LogP contribution in [-0.4, -0.2) is 35.4 Å². The van der Waals surface area contributed by atoms with E-state index < -0.39 is 32.2 Å². The van der Waals surface area contributed by atoms with Gasteiger partial charge in [-0.3, -0.25) is 4.98 Å². The largest absolute Gasteiger partial charge is 0.478 e. The third kappa shape index (κ3) is 4.01. The number of nitrogens with zero attached hydrogens (tertiary/aromatic N) is 1. The highest BCUT2D eigenvalue weighted by Gasteiger charge is 2.54. The summed E-state index contributed by atoms with van der Waals surface area (Å²) in [5.74, 6) is -1.26. The van der Waals surface area contributed by atoms with Gasteiger partial charge in [0.25, 0.3) is 0 Å². The molecule has 0 amide bonds. The third-order valence-corrected chi connectivity index (χ3v) is 5.91. The molecule has 1 aromatic carbocycles. The van der Waals surface area contributed by atoms with Crippen molar-refractivity contribution < 1.29 is 28.2 Å². The first-order valence-electron chi connectivity index (χ1n) is 7.77. The summed E-state index contributed by atoms with van der Waals surface area (Å²) in [4.78, 5) is 15.3. The Labute approximate surface area is 144 Å². The van der Waals surface area contributed by atoms with E-state index in [4.69, 9.17) is 0 Å². The first-order chi connectivity index (χ1) is 11.3. The van der Waals surface area contributed by atoms with Crippen molar-refractivity contribution in [3.63, 3.8) is 0 Å². The molecule has 0 saturated carbocycles.